The van der Waals surface area contributed by atoms with E-state index in [1.807, 2.05) is 98.8 Å². The van der Waals surface area contributed by atoms with Crippen molar-refractivity contribution in [2.45, 2.75) is 34.6 Å². The van der Waals surface area contributed by atoms with Crippen molar-refractivity contribution in [2.24, 2.45) is 0 Å². The molecule has 2 heterocycles. The van der Waals surface area contributed by atoms with E-state index in [1.165, 1.54) is 0 Å². The summed E-state index contributed by atoms with van der Waals surface area (Å²) in [5.74, 6) is -0.655. The fraction of sp³-hybridized carbons (Fsp3) is 0.179. The van der Waals surface area contributed by atoms with Crippen molar-refractivity contribution >= 4 is 56.5 Å². The molecule has 0 aliphatic carbocycles. The van der Waals surface area contributed by atoms with Gasteiger partial charge in [-0.05, 0) is 89.2 Å². The zero-order valence-electron chi connectivity index (χ0n) is 27.3. The number of aromatic nitrogens is 2. The largest absolute Gasteiger partial charge is 0.462 e. The number of benzene rings is 4. The van der Waals surface area contributed by atoms with Gasteiger partial charge in [0.25, 0.3) is 0 Å². The lowest BCUT2D eigenvalue weighted by atomic mass is 10.1. The highest BCUT2D eigenvalue weighted by Gasteiger charge is 2.15. The maximum Gasteiger partial charge on any atom is 0.340 e. The Morgan fingerprint density at radius 2 is 1.02 bits per heavy atom. The predicted octanol–water partition coefficient (Wildman–Crippen LogP) is 9.24. The third kappa shape index (κ3) is 7.91. The highest BCUT2D eigenvalue weighted by Crippen LogP contribution is 2.30. The molecule has 6 aromatic rings. The van der Waals surface area contributed by atoms with Crippen LogP contribution in [0.25, 0.3) is 21.8 Å². The number of fused-ring (bicyclic) bond motifs is 2. The molecule has 8 heteroatoms. The van der Waals surface area contributed by atoms with Crippen LogP contribution >= 0.6 is 0 Å². The minimum Gasteiger partial charge on any atom is -0.462 e. The van der Waals surface area contributed by atoms with E-state index in [0.717, 1.165) is 61.5 Å². The van der Waals surface area contributed by atoms with E-state index in [9.17, 15) is 9.59 Å². The standard InChI is InChI=1S/C20H20N2O2.C19H18N2O2/c1-4-24-20(23)15-7-5-6-8-17(15)22-19-12-14(3)21-18-10-9-13(2)11-16(18)19;1-3-23-19(22)15-9-5-7-11-17(15)21-18-12-13(2)20-16-10-6-4-8-14(16)18/h5-12H,4H2,1-3H3,(H,21,22);4-12H,3H2,1-2H3,(H,20,21). The van der Waals surface area contributed by atoms with Gasteiger partial charge in [0, 0.05) is 33.5 Å². The van der Waals surface area contributed by atoms with Gasteiger partial charge < -0.3 is 20.1 Å². The number of carbonyl (C=O) groups is 2. The molecule has 4 aromatic carbocycles. The number of carbonyl (C=O) groups excluding carboxylic acids is 2. The molecule has 6 rings (SSSR count). The second-order valence-electron chi connectivity index (χ2n) is 10.9. The maximum absolute atomic E-state index is 12.2. The summed E-state index contributed by atoms with van der Waals surface area (Å²) in [7, 11) is 0. The zero-order chi connectivity index (χ0) is 33.3. The summed E-state index contributed by atoms with van der Waals surface area (Å²) in [4.78, 5) is 33.4. The summed E-state index contributed by atoms with van der Waals surface area (Å²) < 4.78 is 10.3. The topological polar surface area (TPSA) is 102 Å². The highest BCUT2D eigenvalue weighted by molar-refractivity contribution is 6.00. The molecule has 0 amide bonds. The van der Waals surface area contributed by atoms with Crippen LogP contribution in [0.2, 0.25) is 0 Å². The summed E-state index contributed by atoms with van der Waals surface area (Å²) in [6.45, 7) is 10.3. The SMILES string of the molecule is CCOC(=O)c1ccccc1Nc1cc(C)nc2ccc(C)cc12.CCOC(=O)c1ccccc1Nc1cc(C)nc2ccccc12. The molecule has 2 N–H and O–H groups in total. The first-order chi connectivity index (χ1) is 22.8. The van der Waals surface area contributed by atoms with Gasteiger partial charge in [-0.3, -0.25) is 9.97 Å². The number of anilines is 4. The Labute approximate surface area is 274 Å². The van der Waals surface area contributed by atoms with Crippen LogP contribution in [-0.4, -0.2) is 35.1 Å². The average Bonchev–Trinajstić information content (AvgIpc) is 3.06. The van der Waals surface area contributed by atoms with Gasteiger partial charge in [-0.2, -0.15) is 0 Å². The Kier molecular flexibility index (Phi) is 10.4. The van der Waals surface area contributed by atoms with Crippen molar-refractivity contribution in [2.75, 3.05) is 23.8 Å². The molecule has 0 aliphatic rings. The number of esters is 2. The van der Waals surface area contributed by atoms with Gasteiger partial charge in [0.1, 0.15) is 0 Å². The van der Waals surface area contributed by atoms with Crippen molar-refractivity contribution < 1.29 is 19.1 Å². The number of hydrogen-bond acceptors (Lipinski definition) is 8. The van der Waals surface area contributed by atoms with E-state index >= 15 is 0 Å². The van der Waals surface area contributed by atoms with E-state index in [4.69, 9.17) is 9.47 Å². The molecule has 0 spiro atoms. The lowest BCUT2D eigenvalue weighted by molar-refractivity contribution is 0.0518. The Morgan fingerprint density at radius 3 is 1.57 bits per heavy atom. The fourth-order valence-corrected chi connectivity index (χ4v) is 5.23. The molecule has 0 radical (unpaired) electrons. The van der Waals surface area contributed by atoms with Crippen molar-refractivity contribution in [1.29, 1.82) is 0 Å². The predicted molar refractivity (Wildman–Crippen MR) is 189 cm³/mol. The molecule has 2 aromatic heterocycles. The minimum atomic E-state index is -0.328. The number of rotatable bonds is 8. The normalized spacial score (nSPS) is 10.6. The van der Waals surface area contributed by atoms with Gasteiger partial charge in [-0.15, -0.1) is 0 Å². The molecule has 0 unspecified atom stereocenters. The maximum atomic E-state index is 12.2. The van der Waals surface area contributed by atoms with Crippen LogP contribution in [0, 0.1) is 20.8 Å². The van der Waals surface area contributed by atoms with Crippen LogP contribution in [0.1, 0.15) is 51.5 Å². The van der Waals surface area contributed by atoms with Crippen LogP contribution in [0.5, 0.6) is 0 Å². The summed E-state index contributed by atoms with van der Waals surface area (Å²) in [6, 6.07) is 32.8. The quantitative estimate of drug-likeness (QED) is 0.161. The third-order valence-corrected chi connectivity index (χ3v) is 7.32. The minimum absolute atomic E-state index is 0.327. The number of hydrogen-bond donors (Lipinski definition) is 2. The summed E-state index contributed by atoms with van der Waals surface area (Å²) >= 11 is 0. The molecule has 0 fully saturated rings. The van der Waals surface area contributed by atoms with Gasteiger partial charge in [0.05, 0.1) is 46.7 Å². The molecule has 0 aliphatic heterocycles. The van der Waals surface area contributed by atoms with Gasteiger partial charge in [-0.1, -0.05) is 54.1 Å². The number of aryl methyl sites for hydroxylation is 3. The Balaban J connectivity index is 0.000000185. The molecular weight excluding hydrogens is 588 g/mol. The van der Waals surface area contributed by atoms with Gasteiger partial charge in [0.15, 0.2) is 0 Å². The first-order valence-electron chi connectivity index (χ1n) is 15.6. The smallest absolute Gasteiger partial charge is 0.340 e. The zero-order valence-corrected chi connectivity index (χ0v) is 27.3. The molecule has 0 atom stereocenters. The number of nitrogens with one attached hydrogen (secondary N) is 2. The van der Waals surface area contributed by atoms with Crippen molar-refractivity contribution in [3.05, 3.63) is 131 Å². The van der Waals surface area contributed by atoms with Crippen LogP contribution in [-0.2, 0) is 9.47 Å². The third-order valence-electron chi connectivity index (χ3n) is 7.32. The Bertz CT molecular complexity index is 2060. The molecule has 0 saturated carbocycles. The van der Waals surface area contributed by atoms with Crippen LogP contribution in [0.15, 0.2) is 103 Å². The molecule has 0 saturated heterocycles. The number of para-hydroxylation sites is 3. The molecule has 8 nitrogen and oxygen atoms in total. The summed E-state index contributed by atoms with van der Waals surface area (Å²) in [5.41, 5.74) is 9.19. The Morgan fingerprint density at radius 1 is 0.553 bits per heavy atom. The summed E-state index contributed by atoms with van der Waals surface area (Å²) in [5, 5.41) is 8.77. The molecule has 238 valence electrons. The van der Waals surface area contributed by atoms with E-state index in [1.54, 1.807) is 26.0 Å². The second-order valence-corrected chi connectivity index (χ2v) is 10.9. The number of ether oxygens (including phenoxy) is 2. The van der Waals surface area contributed by atoms with Gasteiger partial charge in [-0.25, -0.2) is 9.59 Å². The first-order valence-corrected chi connectivity index (χ1v) is 15.6. The van der Waals surface area contributed by atoms with Crippen LogP contribution in [0.4, 0.5) is 22.7 Å². The number of nitrogens with zero attached hydrogens (tertiary/aromatic N) is 2. The van der Waals surface area contributed by atoms with E-state index in [0.29, 0.717) is 24.3 Å². The van der Waals surface area contributed by atoms with Crippen molar-refractivity contribution in [3.8, 4) is 0 Å². The van der Waals surface area contributed by atoms with Crippen molar-refractivity contribution in [3.63, 3.8) is 0 Å². The van der Waals surface area contributed by atoms with E-state index in [2.05, 4.69) is 33.6 Å². The monoisotopic (exact) mass is 626 g/mol. The molecule has 47 heavy (non-hydrogen) atoms. The van der Waals surface area contributed by atoms with Crippen LogP contribution in [0.3, 0.4) is 0 Å². The van der Waals surface area contributed by atoms with Crippen molar-refractivity contribution in [1.82, 2.24) is 9.97 Å². The van der Waals surface area contributed by atoms with E-state index < -0.39 is 0 Å². The van der Waals surface area contributed by atoms with Gasteiger partial charge >= 0.3 is 11.9 Å². The Hall–Kier alpha value is -5.76. The first kappa shape index (κ1) is 32.6. The van der Waals surface area contributed by atoms with E-state index in [-0.39, 0.29) is 11.9 Å². The molecular formula is C39H38N4O4. The molecule has 0 bridgehead atoms. The number of pyridine rings is 2. The second kappa shape index (κ2) is 15.0. The lowest BCUT2D eigenvalue weighted by Crippen LogP contribution is -2.08. The average molecular weight is 627 g/mol. The fourth-order valence-electron chi connectivity index (χ4n) is 5.23. The highest BCUT2D eigenvalue weighted by atomic mass is 16.5. The summed E-state index contributed by atoms with van der Waals surface area (Å²) in [6.07, 6.45) is 0. The lowest BCUT2D eigenvalue weighted by Gasteiger charge is -2.14. The van der Waals surface area contributed by atoms with Gasteiger partial charge in [0.2, 0.25) is 0 Å². The van der Waals surface area contributed by atoms with Crippen LogP contribution < -0.4 is 10.6 Å².